The molecule has 0 aliphatic rings. The lowest BCUT2D eigenvalue weighted by Crippen LogP contribution is -1.87. The summed E-state index contributed by atoms with van der Waals surface area (Å²) < 4.78 is 5.37. The lowest BCUT2D eigenvalue weighted by Gasteiger charge is -2.01. The molecule has 1 aromatic heterocycles. The Morgan fingerprint density at radius 1 is 1.24 bits per heavy atom. The molecular weight excluding hydrogens is 218 g/mol. The summed E-state index contributed by atoms with van der Waals surface area (Å²) in [6.45, 7) is 0. The van der Waals surface area contributed by atoms with Crippen molar-refractivity contribution in [3.63, 3.8) is 0 Å². The lowest BCUT2D eigenvalue weighted by atomic mass is 10.1. The van der Waals surface area contributed by atoms with Gasteiger partial charge in [-0.3, -0.25) is 4.79 Å². The minimum absolute atomic E-state index is 0.304. The number of carbonyl (C=O) groups is 1. The highest BCUT2D eigenvalue weighted by Gasteiger charge is 2.07. The zero-order chi connectivity index (χ0) is 12.1. The van der Waals surface area contributed by atoms with Crippen molar-refractivity contribution >= 4 is 12.5 Å². The molecule has 1 heterocycles. The molecule has 0 radical (unpaired) electrons. The first-order chi connectivity index (χ1) is 8.35. The molecule has 4 nitrogen and oxygen atoms in total. The molecular formula is C13H11NO3. The van der Waals surface area contributed by atoms with Gasteiger partial charge >= 0.3 is 0 Å². The van der Waals surface area contributed by atoms with Crippen LogP contribution >= 0.6 is 0 Å². The number of rotatable bonds is 4. The Morgan fingerprint density at radius 3 is 2.76 bits per heavy atom. The predicted octanol–water partition coefficient (Wildman–Crippen LogP) is 2.74. The van der Waals surface area contributed by atoms with Gasteiger partial charge in [0.2, 0.25) is 0 Å². The van der Waals surface area contributed by atoms with E-state index in [1.165, 1.54) is 7.11 Å². The molecule has 0 spiro atoms. The highest BCUT2D eigenvalue weighted by Crippen LogP contribution is 2.24. The summed E-state index contributed by atoms with van der Waals surface area (Å²) in [6.07, 6.45) is 2.27. The second kappa shape index (κ2) is 5.12. The maximum Gasteiger partial charge on any atom is 0.185 e. The second-order valence-corrected chi connectivity index (χ2v) is 3.32. The number of furan rings is 1. The van der Waals surface area contributed by atoms with Crippen molar-refractivity contribution in [1.29, 1.82) is 0 Å². The number of aldehydes is 1. The van der Waals surface area contributed by atoms with Crippen LogP contribution in [0.1, 0.15) is 16.1 Å². The van der Waals surface area contributed by atoms with Gasteiger partial charge < -0.3 is 9.25 Å². The first-order valence-corrected chi connectivity index (χ1v) is 5.06. The first-order valence-electron chi connectivity index (χ1n) is 5.06. The van der Waals surface area contributed by atoms with E-state index in [1.54, 1.807) is 18.3 Å². The van der Waals surface area contributed by atoms with Gasteiger partial charge in [-0.2, -0.15) is 0 Å². The molecule has 2 aromatic rings. The molecule has 0 saturated heterocycles. The molecule has 2 rings (SSSR count). The highest BCUT2D eigenvalue weighted by atomic mass is 16.6. The summed E-state index contributed by atoms with van der Waals surface area (Å²) in [5.74, 6) is 0.934. The third-order valence-corrected chi connectivity index (χ3v) is 2.27. The highest BCUT2D eigenvalue weighted by molar-refractivity contribution is 5.89. The molecule has 0 amide bonds. The molecule has 0 bridgehead atoms. The SMILES string of the molecule is CON=Cc1ccccc1-c1ccc(C=O)o1. The minimum atomic E-state index is 0.304. The summed E-state index contributed by atoms with van der Waals surface area (Å²) in [5.41, 5.74) is 1.72. The number of oxime groups is 1. The van der Waals surface area contributed by atoms with E-state index < -0.39 is 0 Å². The number of hydrogen-bond donors (Lipinski definition) is 0. The molecule has 1 aromatic carbocycles. The average Bonchev–Trinajstić information content (AvgIpc) is 2.85. The quantitative estimate of drug-likeness (QED) is 0.460. The summed E-state index contributed by atoms with van der Waals surface area (Å²) in [4.78, 5) is 15.2. The summed E-state index contributed by atoms with van der Waals surface area (Å²) in [7, 11) is 1.48. The minimum Gasteiger partial charge on any atom is -0.453 e. The van der Waals surface area contributed by atoms with E-state index in [4.69, 9.17) is 4.42 Å². The normalized spacial score (nSPS) is 10.6. The molecule has 0 atom stereocenters. The van der Waals surface area contributed by atoms with Crippen molar-refractivity contribution in [2.45, 2.75) is 0 Å². The molecule has 0 N–H and O–H groups in total. The average molecular weight is 229 g/mol. The number of hydrogen-bond acceptors (Lipinski definition) is 4. The number of carbonyl (C=O) groups excluding carboxylic acids is 1. The first kappa shape index (κ1) is 11.1. The van der Waals surface area contributed by atoms with Gasteiger partial charge in [-0.05, 0) is 12.1 Å². The zero-order valence-electron chi connectivity index (χ0n) is 9.29. The van der Waals surface area contributed by atoms with Crippen LogP contribution in [-0.4, -0.2) is 19.6 Å². The van der Waals surface area contributed by atoms with Crippen LogP contribution in [0.2, 0.25) is 0 Å². The van der Waals surface area contributed by atoms with Crippen LogP contribution in [0.15, 0.2) is 46.0 Å². The topological polar surface area (TPSA) is 51.8 Å². The fraction of sp³-hybridized carbons (Fsp3) is 0.0769. The Hall–Kier alpha value is -2.36. The van der Waals surface area contributed by atoms with Crippen molar-refractivity contribution < 1.29 is 14.0 Å². The monoisotopic (exact) mass is 229 g/mol. The molecule has 0 saturated carbocycles. The Bertz CT molecular complexity index is 543. The maximum atomic E-state index is 10.6. The standard InChI is InChI=1S/C13H11NO3/c1-16-14-8-10-4-2-3-5-12(10)13-7-6-11(9-15)17-13/h2-9H,1H3. The van der Waals surface area contributed by atoms with Gasteiger partial charge in [-0.25, -0.2) is 0 Å². The maximum absolute atomic E-state index is 10.6. The number of benzene rings is 1. The van der Waals surface area contributed by atoms with E-state index in [2.05, 4.69) is 9.99 Å². The van der Waals surface area contributed by atoms with Gasteiger partial charge in [0.05, 0.1) is 6.21 Å². The molecule has 0 fully saturated rings. The Kier molecular flexibility index (Phi) is 3.35. The molecule has 4 heteroatoms. The smallest absolute Gasteiger partial charge is 0.185 e. The van der Waals surface area contributed by atoms with E-state index in [9.17, 15) is 4.79 Å². The van der Waals surface area contributed by atoms with Gasteiger partial charge in [0, 0.05) is 11.1 Å². The molecule has 17 heavy (non-hydrogen) atoms. The van der Waals surface area contributed by atoms with Gasteiger partial charge in [0.1, 0.15) is 12.9 Å². The largest absolute Gasteiger partial charge is 0.453 e. The van der Waals surface area contributed by atoms with Crippen LogP contribution in [0.5, 0.6) is 0 Å². The van der Waals surface area contributed by atoms with Crippen LogP contribution in [0.3, 0.4) is 0 Å². The van der Waals surface area contributed by atoms with E-state index in [1.807, 2.05) is 24.3 Å². The van der Waals surface area contributed by atoms with E-state index in [0.29, 0.717) is 17.8 Å². The summed E-state index contributed by atoms with van der Waals surface area (Å²) in [6, 6.07) is 11.0. The van der Waals surface area contributed by atoms with Gasteiger partial charge in [-0.15, -0.1) is 0 Å². The summed E-state index contributed by atoms with van der Waals surface area (Å²) >= 11 is 0. The molecule has 0 aliphatic carbocycles. The van der Waals surface area contributed by atoms with Crippen molar-refractivity contribution in [1.82, 2.24) is 0 Å². The fourth-order valence-corrected chi connectivity index (χ4v) is 1.50. The van der Waals surface area contributed by atoms with E-state index in [0.717, 1.165) is 11.1 Å². The fourth-order valence-electron chi connectivity index (χ4n) is 1.50. The van der Waals surface area contributed by atoms with Gasteiger partial charge in [0.15, 0.2) is 12.0 Å². The Labute approximate surface area is 98.5 Å². The predicted molar refractivity (Wildman–Crippen MR) is 64.1 cm³/mol. The third-order valence-electron chi connectivity index (χ3n) is 2.27. The number of nitrogens with zero attached hydrogens (tertiary/aromatic N) is 1. The Balaban J connectivity index is 2.43. The van der Waals surface area contributed by atoms with Crippen molar-refractivity contribution in [3.8, 4) is 11.3 Å². The van der Waals surface area contributed by atoms with Crippen LogP contribution in [0, 0.1) is 0 Å². The molecule has 86 valence electrons. The van der Waals surface area contributed by atoms with Crippen LogP contribution < -0.4 is 0 Å². The zero-order valence-corrected chi connectivity index (χ0v) is 9.29. The van der Waals surface area contributed by atoms with Crippen LogP contribution in [0.4, 0.5) is 0 Å². The lowest BCUT2D eigenvalue weighted by molar-refractivity contribution is 0.110. The van der Waals surface area contributed by atoms with Crippen molar-refractivity contribution in [2.75, 3.05) is 7.11 Å². The van der Waals surface area contributed by atoms with Crippen LogP contribution in [-0.2, 0) is 4.84 Å². The summed E-state index contributed by atoms with van der Waals surface area (Å²) in [5, 5.41) is 3.72. The van der Waals surface area contributed by atoms with Gasteiger partial charge in [-0.1, -0.05) is 29.4 Å². The van der Waals surface area contributed by atoms with Gasteiger partial charge in [0.25, 0.3) is 0 Å². The van der Waals surface area contributed by atoms with E-state index >= 15 is 0 Å². The van der Waals surface area contributed by atoms with Crippen molar-refractivity contribution in [3.05, 3.63) is 47.7 Å². The van der Waals surface area contributed by atoms with Crippen LogP contribution in [0.25, 0.3) is 11.3 Å². The second-order valence-electron chi connectivity index (χ2n) is 3.32. The molecule has 0 unspecified atom stereocenters. The third kappa shape index (κ3) is 2.42. The molecule has 0 aliphatic heterocycles. The Morgan fingerprint density at radius 2 is 2.06 bits per heavy atom. The van der Waals surface area contributed by atoms with Crippen molar-refractivity contribution in [2.24, 2.45) is 5.16 Å². The van der Waals surface area contributed by atoms with E-state index in [-0.39, 0.29) is 0 Å².